The van der Waals surface area contributed by atoms with Crippen molar-refractivity contribution in [3.05, 3.63) is 12.2 Å². The largest absolute Gasteiger partial charge is 0.382 e. The molecular formula is C8H11NO. The molecule has 0 aliphatic rings. The Morgan fingerprint density at radius 1 is 1.80 bits per heavy atom. The summed E-state index contributed by atoms with van der Waals surface area (Å²) in [6, 6.07) is 0. The first kappa shape index (κ1) is 8.77. The molecular weight excluding hydrogens is 126 g/mol. The van der Waals surface area contributed by atoms with Crippen LogP contribution in [-0.4, -0.2) is 12.3 Å². The normalized spacial score (nSPS) is 11.5. The van der Waals surface area contributed by atoms with Crippen LogP contribution in [0.25, 0.3) is 0 Å². The number of hydrogen-bond donors (Lipinski definition) is 0. The highest BCUT2D eigenvalue weighted by molar-refractivity contribution is 5.92. The summed E-state index contributed by atoms with van der Waals surface area (Å²) in [5, 5.41) is 3.69. The van der Waals surface area contributed by atoms with Gasteiger partial charge in [0.15, 0.2) is 6.61 Å². The van der Waals surface area contributed by atoms with Gasteiger partial charge >= 0.3 is 0 Å². The minimum absolute atomic E-state index is 0.231. The number of rotatable bonds is 3. The summed E-state index contributed by atoms with van der Waals surface area (Å²) in [6.45, 7) is 3.99. The molecule has 0 aromatic rings. The van der Waals surface area contributed by atoms with E-state index < -0.39 is 0 Å². The summed E-state index contributed by atoms with van der Waals surface area (Å²) >= 11 is 0. The minimum Gasteiger partial charge on any atom is -0.382 e. The summed E-state index contributed by atoms with van der Waals surface area (Å²) in [7, 11) is 0. The van der Waals surface area contributed by atoms with Gasteiger partial charge in [0.2, 0.25) is 0 Å². The van der Waals surface area contributed by atoms with Crippen molar-refractivity contribution in [2.75, 3.05) is 6.61 Å². The molecule has 2 nitrogen and oxygen atoms in total. The van der Waals surface area contributed by atoms with E-state index in [0.717, 1.165) is 5.71 Å². The lowest BCUT2D eigenvalue weighted by molar-refractivity contribution is 0.180. The zero-order valence-corrected chi connectivity index (χ0v) is 6.29. The van der Waals surface area contributed by atoms with E-state index in [-0.39, 0.29) is 6.61 Å². The van der Waals surface area contributed by atoms with Crippen molar-refractivity contribution in [3.63, 3.8) is 0 Å². The van der Waals surface area contributed by atoms with Gasteiger partial charge in [0.1, 0.15) is 0 Å². The van der Waals surface area contributed by atoms with Crippen LogP contribution in [0.1, 0.15) is 13.8 Å². The molecule has 0 saturated heterocycles. The average molecular weight is 137 g/mol. The van der Waals surface area contributed by atoms with Crippen molar-refractivity contribution < 1.29 is 4.84 Å². The van der Waals surface area contributed by atoms with Gasteiger partial charge < -0.3 is 4.84 Å². The second-order valence-corrected chi connectivity index (χ2v) is 1.71. The van der Waals surface area contributed by atoms with Gasteiger partial charge in [0.05, 0.1) is 5.71 Å². The van der Waals surface area contributed by atoms with Gasteiger partial charge in [-0.1, -0.05) is 17.2 Å². The second-order valence-electron chi connectivity index (χ2n) is 1.71. The van der Waals surface area contributed by atoms with Gasteiger partial charge in [0.25, 0.3) is 0 Å². The number of oxime groups is 1. The molecule has 0 bridgehead atoms. The van der Waals surface area contributed by atoms with Gasteiger partial charge in [-0.25, -0.2) is 0 Å². The predicted molar refractivity (Wildman–Crippen MR) is 42.7 cm³/mol. The fourth-order valence-corrected chi connectivity index (χ4v) is 0.443. The monoisotopic (exact) mass is 137 g/mol. The zero-order valence-electron chi connectivity index (χ0n) is 6.29. The third kappa shape index (κ3) is 4.92. The number of nitrogens with zero attached hydrogens (tertiary/aromatic N) is 1. The van der Waals surface area contributed by atoms with Crippen molar-refractivity contribution in [2.24, 2.45) is 5.16 Å². The fraction of sp³-hybridized carbons (Fsp3) is 0.375. The molecule has 54 valence electrons. The van der Waals surface area contributed by atoms with Crippen LogP contribution in [0, 0.1) is 12.3 Å². The van der Waals surface area contributed by atoms with Gasteiger partial charge in [0, 0.05) is 0 Å². The molecule has 0 rings (SSSR count). The molecule has 0 N–H and O–H groups in total. The molecule has 2 heteroatoms. The molecule has 0 amide bonds. The van der Waals surface area contributed by atoms with Gasteiger partial charge in [-0.15, -0.1) is 6.42 Å². The summed E-state index contributed by atoms with van der Waals surface area (Å²) in [5.41, 5.74) is 0.817. The SMILES string of the molecule is C#CCO/N=C(C)/C=C/C. The first-order valence-corrected chi connectivity index (χ1v) is 3.04. The van der Waals surface area contributed by atoms with E-state index in [1.807, 2.05) is 26.0 Å². The van der Waals surface area contributed by atoms with E-state index in [9.17, 15) is 0 Å². The Morgan fingerprint density at radius 2 is 2.50 bits per heavy atom. The molecule has 10 heavy (non-hydrogen) atoms. The maximum absolute atomic E-state index is 4.93. The van der Waals surface area contributed by atoms with Crippen molar-refractivity contribution in [3.8, 4) is 12.3 Å². The number of allylic oxidation sites excluding steroid dienone is 2. The second kappa shape index (κ2) is 5.90. The summed E-state index contributed by atoms with van der Waals surface area (Å²) in [4.78, 5) is 4.70. The van der Waals surface area contributed by atoms with Crippen LogP contribution in [0.15, 0.2) is 17.3 Å². The summed E-state index contributed by atoms with van der Waals surface area (Å²) < 4.78 is 0. The lowest BCUT2D eigenvalue weighted by Crippen LogP contribution is -1.88. The molecule has 0 heterocycles. The highest BCUT2D eigenvalue weighted by Gasteiger charge is 1.80. The van der Waals surface area contributed by atoms with E-state index in [2.05, 4.69) is 11.1 Å². The third-order valence-electron chi connectivity index (χ3n) is 0.764. The van der Waals surface area contributed by atoms with E-state index in [1.165, 1.54) is 0 Å². The van der Waals surface area contributed by atoms with Crippen LogP contribution in [-0.2, 0) is 4.84 Å². The molecule has 0 unspecified atom stereocenters. The molecule has 0 aliphatic carbocycles. The Balaban J connectivity index is 3.60. The van der Waals surface area contributed by atoms with Gasteiger partial charge in [-0.05, 0) is 19.9 Å². The molecule has 0 saturated carbocycles. The fourth-order valence-electron chi connectivity index (χ4n) is 0.443. The molecule has 0 aromatic carbocycles. The molecule has 0 spiro atoms. The molecule has 0 atom stereocenters. The van der Waals surface area contributed by atoms with Crippen molar-refractivity contribution >= 4 is 5.71 Å². The zero-order chi connectivity index (χ0) is 7.82. The van der Waals surface area contributed by atoms with E-state index in [4.69, 9.17) is 11.3 Å². The molecule has 0 aromatic heterocycles. The quantitative estimate of drug-likeness (QED) is 0.250. The standard InChI is InChI=1S/C8H11NO/c1-4-6-8(3)9-10-7-5-2/h2,4,6H,7H2,1,3H3/b6-4+,9-8+. The maximum atomic E-state index is 4.93. The van der Waals surface area contributed by atoms with Gasteiger partial charge in [-0.2, -0.15) is 0 Å². The maximum Gasteiger partial charge on any atom is 0.177 e. The Labute approximate surface area is 61.6 Å². The Hall–Kier alpha value is -1.23. The number of terminal acetylenes is 1. The Morgan fingerprint density at radius 3 is 3.00 bits per heavy atom. The van der Waals surface area contributed by atoms with Crippen LogP contribution < -0.4 is 0 Å². The smallest absolute Gasteiger partial charge is 0.177 e. The van der Waals surface area contributed by atoms with Crippen LogP contribution >= 0.6 is 0 Å². The topological polar surface area (TPSA) is 21.6 Å². The van der Waals surface area contributed by atoms with Gasteiger partial charge in [-0.3, -0.25) is 0 Å². The minimum atomic E-state index is 0.231. The van der Waals surface area contributed by atoms with Crippen LogP contribution in [0.5, 0.6) is 0 Å². The van der Waals surface area contributed by atoms with Crippen molar-refractivity contribution in [1.82, 2.24) is 0 Å². The molecule has 0 aliphatic heterocycles. The average Bonchev–Trinajstić information content (AvgIpc) is 1.89. The van der Waals surface area contributed by atoms with Crippen LogP contribution in [0.4, 0.5) is 0 Å². The first-order valence-electron chi connectivity index (χ1n) is 3.04. The van der Waals surface area contributed by atoms with E-state index >= 15 is 0 Å². The third-order valence-corrected chi connectivity index (χ3v) is 0.764. The summed E-state index contributed by atoms with van der Waals surface area (Å²) in [5.74, 6) is 2.31. The highest BCUT2D eigenvalue weighted by Crippen LogP contribution is 1.82. The lowest BCUT2D eigenvalue weighted by Gasteiger charge is -1.91. The van der Waals surface area contributed by atoms with Crippen molar-refractivity contribution in [1.29, 1.82) is 0 Å². The number of hydrogen-bond acceptors (Lipinski definition) is 2. The molecule has 0 radical (unpaired) electrons. The van der Waals surface area contributed by atoms with Crippen LogP contribution in [0.2, 0.25) is 0 Å². The van der Waals surface area contributed by atoms with E-state index in [1.54, 1.807) is 0 Å². The Bertz CT molecular complexity index is 174. The van der Waals surface area contributed by atoms with Crippen LogP contribution in [0.3, 0.4) is 0 Å². The van der Waals surface area contributed by atoms with Crippen molar-refractivity contribution in [2.45, 2.75) is 13.8 Å². The summed E-state index contributed by atoms with van der Waals surface area (Å²) in [6.07, 6.45) is 8.66. The lowest BCUT2D eigenvalue weighted by atomic mass is 10.4. The Kier molecular flexibility index (Phi) is 5.17. The highest BCUT2D eigenvalue weighted by atomic mass is 16.6. The first-order chi connectivity index (χ1) is 4.81. The molecule has 0 fully saturated rings. The van der Waals surface area contributed by atoms with E-state index in [0.29, 0.717) is 0 Å². The predicted octanol–water partition coefficient (Wildman–Crippen LogP) is 1.59.